The van der Waals surface area contributed by atoms with Crippen LogP contribution in [-0.4, -0.2) is 36.6 Å². The van der Waals surface area contributed by atoms with Crippen LogP contribution in [0.25, 0.3) is 0 Å². The second kappa shape index (κ2) is 5.65. The first-order valence-electron chi connectivity index (χ1n) is 6.42. The summed E-state index contributed by atoms with van der Waals surface area (Å²) < 4.78 is 7.02. The van der Waals surface area contributed by atoms with Crippen molar-refractivity contribution in [3.63, 3.8) is 0 Å². The van der Waals surface area contributed by atoms with Gasteiger partial charge >= 0.3 is 0 Å². The van der Waals surface area contributed by atoms with Crippen LogP contribution < -0.4 is 5.32 Å². The van der Waals surface area contributed by atoms with Crippen LogP contribution in [0.1, 0.15) is 25.0 Å². The standard InChI is InChI=1S/C13H23N3O/c1-16-12(4-8-15-16)3-5-13(6-7-13)11-14-9-10-17-2/h4,8,14H,3,5-7,9-11H2,1-2H3. The van der Waals surface area contributed by atoms with Gasteiger partial charge in [0.1, 0.15) is 0 Å². The largest absolute Gasteiger partial charge is 0.383 e. The van der Waals surface area contributed by atoms with Gasteiger partial charge in [0.05, 0.1) is 6.61 Å². The average molecular weight is 237 g/mol. The van der Waals surface area contributed by atoms with Gasteiger partial charge in [-0.15, -0.1) is 0 Å². The summed E-state index contributed by atoms with van der Waals surface area (Å²) in [5.41, 5.74) is 1.89. The predicted octanol–water partition coefficient (Wildman–Crippen LogP) is 1.37. The number of hydrogen-bond donors (Lipinski definition) is 1. The first-order valence-corrected chi connectivity index (χ1v) is 6.42. The van der Waals surface area contributed by atoms with E-state index in [1.54, 1.807) is 7.11 Å². The minimum Gasteiger partial charge on any atom is -0.383 e. The Balaban J connectivity index is 1.69. The van der Waals surface area contributed by atoms with E-state index in [4.69, 9.17) is 4.74 Å². The Morgan fingerprint density at radius 2 is 2.35 bits per heavy atom. The molecule has 4 nitrogen and oxygen atoms in total. The van der Waals surface area contributed by atoms with E-state index >= 15 is 0 Å². The van der Waals surface area contributed by atoms with Gasteiger partial charge in [-0.3, -0.25) is 4.68 Å². The van der Waals surface area contributed by atoms with Gasteiger partial charge in [-0.2, -0.15) is 5.10 Å². The van der Waals surface area contributed by atoms with Crippen molar-refractivity contribution in [2.45, 2.75) is 25.7 Å². The number of rotatable bonds is 8. The van der Waals surface area contributed by atoms with Crippen LogP contribution in [0.2, 0.25) is 0 Å². The van der Waals surface area contributed by atoms with Crippen molar-refractivity contribution in [3.05, 3.63) is 18.0 Å². The molecule has 0 amide bonds. The molecule has 0 unspecified atom stereocenters. The summed E-state index contributed by atoms with van der Waals surface area (Å²) >= 11 is 0. The van der Waals surface area contributed by atoms with Crippen LogP contribution in [0.4, 0.5) is 0 Å². The molecule has 1 heterocycles. The summed E-state index contributed by atoms with van der Waals surface area (Å²) in [4.78, 5) is 0. The van der Waals surface area contributed by atoms with E-state index in [0.717, 1.165) is 26.1 Å². The molecule has 0 spiro atoms. The van der Waals surface area contributed by atoms with E-state index in [1.165, 1.54) is 25.0 Å². The molecule has 1 aromatic heterocycles. The van der Waals surface area contributed by atoms with Gasteiger partial charge in [0, 0.05) is 39.1 Å². The van der Waals surface area contributed by atoms with Crippen molar-refractivity contribution in [1.29, 1.82) is 0 Å². The number of nitrogens with one attached hydrogen (secondary N) is 1. The smallest absolute Gasteiger partial charge is 0.0587 e. The maximum atomic E-state index is 5.04. The number of aryl methyl sites for hydroxylation is 2. The van der Waals surface area contributed by atoms with Crippen LogP contribution in [0.5, 0.6) is 0 Å². The fourth-order valence-corrected chi connectivity index (χ4v) is 2.26. The van der Waals surface area contributed by atoms with Crippen molar-refractivity contribution >= 4 is 0 Å². The topological polar surface area (TPSA) is 39.1 Å². The average Bonchev–Trinajstić information content (AvgIpc) is 2.98. The highest BCUT2D eigenvalue weighted by Crippen LogP contribution is 2.48. The van der Waals surface area contributed by atoms with Gasteiger partial charge < -0.3 is 10.1 Å². The summed E-state index contributed by atoms with van der Waals surface area (Å²) in [6, 6.07) is 2.12. The quantitative estimate of drug-likeness (QED) is 0.694. The zero-order valence-corrected chi connectivity index (χ0v) is 10.9. The van der Waals surface area contributed by atoms with Crippen LogP contribution in [-0.2, 0) is 18.2 Å². The lowest BCUT2D eigenvalue weighted by Crippen LogP contribution is -2.27. The highest BCUT2D eigenvalue weighted by atomic mass is 16.5. The second-order valence-electron chi connectivity index (χ2n) is 5.12. The lowest BCUT2D eigenvalue weighted by atomic mass is 9.99. The lowest BCUT2D eigenvalue weighted by Gasteiger charge is -2.15. The molecule has 1 aliphatic rings. The molecular weight excluding hydrogens is 214 g/mol. The van der Waals surface area contributed by atoms with E-state index in [0.29, 0.717) is 5.41 Å². The van der Waals surface area contributed by atoms with Crippen molar-refractivity contribution in [3.8, 4) is 0 Å². The molecule has 1 aromatic rings. The predicted molar refractivity (Wildman–Crippen MR) is 67.9 cm³/mol. The van der Waals surface area contributed by atoms with Gasteiger partial charge in [0.2, 0.25) is 0 Å². The van der Waals surface area contributed by atoms with Crippen molar-refractivity contribution < 1.29 is 4.74 Å². The van der Waals surface area contributed by atoms with Gasteiger partial charge in [0.15, 0.2) is 0 Å². The molecule has 0 radical (unpaired) electrons. The highest BCUT2D eigenvalue weighted by molar-refractivity contribution is 5.04. The van der Waals surface area contributed by atoms with Crippen LogP contribution in [0.3, 0.4) is 0 Å². The number of aromatic nitrogens is 2. The van der Waals surface area contributed by atoms with E-state index in [2.05, 4.69) is 16.5 Å². The SMILES string of the molecule is COCCNCC1(CCc2ccnn2C)CC1. The Kier molecular flexibility index (Phi) is 4.18. The monoisotopic (exact) mass is 237 g/mol. The van der Waals surface area contributed by atoms with Gasteiger partial charge in [-0.05, 0) is 37.2 Å². The maximum absolute atomic E-state index is 5.04. The number of nitrogens with zero attached hydrogens (tertiary/aromatic N) is 2. The van der Waals surface area contributed by atoms with E-state index in [1.807, 2.05) is 17.9 Å². The minimum atomic E-state index is 0.554. The van der Waals surface area contributed by atoms with Crippen LogP contribution >= 0.6 is 0 Å². The third-order valence-corrected chi connectivity index (χ3v) is 3.77. The molecule has 1 aliphatic carbocycles. The zero-order valence-electron chi connectivity index (χ0n) is 10.9. The van der Waals surface area contributed by atoms with Crippen molar-refractivity contribution in [1.82, 2.24) is 15.1 Å². The van der Waals surface area contributed by atoms with E-state index in [9.17, 15) is 0 Å². The summed E-state index contributed by atoms with van der Waals surface area (Å²) in [5, 5.41) is 7.70. The third kappa shape index (κ3) is 3.54. The lowest BCUT2D eigenvalue weighted by molar-refractivity contribution is 0.196. The molecule has 1 fully saturated rings. The summed E-state index contributed by atoms with van der Waals surface area (Å²) in [6.07, 6.45) is 7.02. The second-order valence-corrected chi connectivity index (χ2v) is 5.12. The Morgan fingerprint density at radius 3 is 2.94 bits per heavy atom. The number of ether oxygens (including phenoxy) is 1. The van der Waals surface area contributed by atoms with Gasteiger partial charge in [-0.1, -0.05) is 0 Å². The van der Waals surface area contributed by atoms with Crippen LogP contribution in [0, 0.1) is 5.41 Å². The summed E-state index contributed by atoms with van der Waals surface area (Å²) in [6.45, 7) is 2.90. The van der Waals surface area contributed by atoms with Crippen molar-refractivity contribution in [2.75, 3.05) is 26.8 Å². The number of methoxy groups -OCH3 is 1. The maximum Gasteiger partial charge on any atom is 0.0587 e. The molecule has 1 saturated carbocycles. The molecule has 0 atom stereocenters. The third-order valence-electron chi connectivity index (χ3n) is 3.77. The Bertz CT molecular complexity index is 344. The molecule has 0 bridgehead atoms. The molecule has 2 rings (SSSR count). The normalized spacial score (nSPS) is 17.3. The first kappa shape index (κ1) is 12.6. The summed E-state index contributed by atoms with van der Waals surface area (Å²) in [7, 11) is 3.77. The first-order chi connectivity index (χ1) is 8.26. The van der Waals surface area contributed by atoms with E-state index < -0.39 is 0 Å². The summed E-state index contributed by atoms with van der Waals surface area (Å²) in [5.74, 6) is 0. The molecule has 0 aliphatic heterocycles. The minimum absolute atomic E-state index is 0.554. The molecule has 17 heavy (non-hydrogen) atoms. The molecule has 0 saturated heterocycles. The highest BCUT2D eigenvalue weighted by Gasteiger charge is 2.41. The Hall–Kier alpha value is -0.870. The number of hydrogen-bond acceptors (Lipinski definition) is 3. The zero-order chi connectivity index (χ0) is 12.1. The van der Waals surface area contributed by atoms with Crippen LogP contribution in [0.15, 0.2) is 12.3 Å². The fourth-order valence-electron chi connectivity index (χ4n) is 2.26. The Morgan fingerprint density at radius 1 is 1.53 bits per heavy atom. The fraction of sp³-hybridized carbons (Fsp3) is 0.769. The van der Waals surface area contributed by atoms with Gasteiger partial charge in [-0.25, -0.2) is 0 Å². The molecular formula is C13H23N3O. The molecule has 0 aromatic carbocycles. The van der Waals surface area contributed by atoms with Crippen molar-refractivity contribution in [2.24, 2.45) is 12.5 Å². The molecule has 4 heteroatoms. The van der Waals surface area contributed by atoms with Gasteiger partial charge in [0.25, 0.3) is 0 Å². The molecule has 96 valence electrons. The molecule has 1 N–H and O–H groups in total. The Labute approximate surface area is 103 Å². The van der Waals surface area contributed by atoms with E-state index in [-0.39, 0.29) is 0 Å².